The SMILES string of the molecule is CCCCOCCNC(=O)OC(C)(C)C.[HH]. The summed E-state index contributed by atoms with van der Waals surface area (Å²) < 4.78 is 10.3. The minimum Gasteiger partial charge on any atom is -0.444 e. The molecule has 0 saturated heterocycles. The molecule has 0 spiro atoms. The molecule has 0 rings (SSSR count). The molecule has 4 nitrogen and oxygen atoms in total. The summed E-state index contributed by atoms with van der Waals surface area (Å²) in [6, 6.07) is 0. The van der Waals surface area contributed by atoms with Crippen LogP contribution < -0.4 is 5.32 Å². The lowest BCUT2D eigenvalue weighted by molar-refractivity contribution is 0.0498. The van der Waals surface area contributed by atoms with Crippen molar-refractivity contribution in [1.29, 1.82) is 0 Å². The number of rotatable bonds is 6. The van der Waals surface area contributed by atoms with Gasteiger partial charge in [0.15, 0.2) is 0 Å². The van der Waals surface area contributed by atoms with Gasteiger partial charge in [-0.3, -0.25) is 0 Å². The molecule has 0 aromatic carbocycles. The molecule has 92 valence electrons. The first kappa shape index (κ1) is 14.2. The molecule has 0 heterocycles. The molecule has 0 bridgehead atoms. The second-order valence-corrected chi connectivity index (χ2v) is 4.39. The van der Waals surface area contributed by atoms with Gasteiger partial charge >= 0.3 is 6.09 Å². The van der Waals surface area contributed by atoms with E-state index >= 15 is 0 Å². The molecule has 0 unspecified atom stereocenters. The zero-order valence-electron chi connectivity index (χ0n) is 10.3. The second-order valence-electron chi connectivity index (χ2n) is 4.39. The molecule has 0 saturated carbocycles. The first-order valence-corrected chi connectivity index (χ1v) is 5.50. The minimum atomic E-state index is -0.437. The third-order valence-corrected chi connectivity index (χ3v) is 1.56. The lowest BCUT2D eigenvalue weighted by atomic mass is 10.2. The van der Waals surface area contributed by atoms with Crippen molar-refractivity contribution in [2.24, 2.45) is 0 Å². The highest BCUT2D eigenvalue weighted by molar-refractivity contribution is 5.67. The largest absolute Gasteiger partial charge is 0.444 e. The Bertz CT molecular complexity index is 181. The molecule has 0 aliphatic rings. The molecule has 0 aliphatic heterocycles. The fraction of sp³-hybridized carbons (Fsp3) is 0.909. The van der Waals surface area contributed by atoms with Crippen LogP contribution in [0.15, 0.2) is 0 Å². The lowest BCUT2D eigenvalue weighted by Crippen LogP contribution is -2.34. The normalized spacial score (nSPS) is 11.2. The van der Waals surface area contributed by atoms with E-state index in [1.165, 1.54) is 0 Å². The van der Waals surface area contributed by atoms with Gasteiger partial charge in [0.25, 0.3) is 0 Å². The predicted molar refractivity (Wildman–Crippen MR) is 62.1 cm³/mol. The van der Waals surface area contributed by atoms with E-state index in [0.717, 1.165) is 19.4 Å². The van der Waals surface area contributed by atoms with Gasteiger partial charge in [-0.15, -0.1) is 0 Å². The number of carbonyl (C=O) groups is 1. The van der Waals surface area contributed by atoms with Crippen molar-refractivity contribution >= 4 is 6.09 Å². The van der Waals surface area contributed by atoms with Crippen molar-refractivity contribution in [3.8, 4) is 0 Å². The topological polar surface area (TPSA) is 47.6 Å². The van der Waals surface area contributed by atoms with E-state index in [9.17, 15) is 4.79 Å². The average molecular weight is 219 g/mol. The molecule has 0 atom stereocenters. The van der Waals surface area contributed by atoms with Gasteiger partial charge < -0.3 is 14.8 Å². The minimum absolute atomic E-state index is 0. The fourth-order valence-corrected chi connectivity index (χ4v) is 0.888. The van der Waals surface area contributed by atoms with E-state index < -0.39 is 5.60 Å². The molecule has 0 aromatic rings. The number of hydrogen-bond acceptors (Lipinski definition) is 3. The van der Waals surface area contributed by atoms with E-state index in [0.29, 0.717) is 13.2 Å². The summed E-state index contributed by atoms with van der Waals surface area (Å²) in [5.41, 5.74) is -0.437. The molecule has 0 aliphatic carbocycles. The smallest absolute Gasteiger partial charge is 0.407 e. The first-order valence-electron chi connectivity index (χ1n) is 5.50. The van der Waals surface area contributed by atoms with Crippen molar-refractivity contribution in [2.45, 2.75) is 46.1 Å². The molecule has 0 fully saturated rings. The number of nitrogens with one attached hydrogen (secondary N) is 1. The van der Waals surface area contributed by atoms with E-state index in [1.807, 2.05) is 20.8 Å². The predicted octanol–water partition coefficient (Wildman–Crippen LogP) is 2.57. The van der Waals surface area contributed by atoms with Crippen LogP contribution in [0, 0.1) is 0 Å². The first-order chi connectivity index (χ1) is 6.95. The summed E-state index contributed by atoms with van der Waals surface area (Å²) in [4.78, 5) is 11.2. The molecule has 0 radical (unpaired) electrons. The summed E-state index contributed by atoms with van der Waals surface area (Å²) in [6.07, 6.45) is 1.80. The third-order valence-electron chi connectivity index (χ3n) is 1.56. The number of unbranched alkanes of at least 4 members (excludes halogenated alkanes) is 1. The van der Waals surface area contributed by atoms with Crippen LogP contribution in [-0.2, 0) is 9.47 Å². The molecule has 15 heavy (non-hydrogen) atoms. The van der Waals surface area contributed by atoms with Crippen molar-refractivity contribution in [1.82, 2.24) is 5.32 Å². The highest BCUT2D eigenvalue weighted by Gasteiger charge is 2.15. The second kappa shape index (κ2) is 7.51. The van der Waals surface area contributed by atoms with Crippen LogP contribution in [0.2, 0.25) is 0 Å². The van der Waals surface area contributed by atoms with Gasteiger partial charge in [0.2, 0.25) is 0 Å². The van der Waals surface area contributed by atoms with Crippen LogP contribution in [0.25, 0.3) is 0 Å². The zero-order valence-corrected chi connectivity index (χ0v) is 10.3. The third kappa shape index (κ3) is 11.2. The number of alkyl carbamates (subject to hydrolysis) is 1. The van der Waals surface area contributed by atoms with E-state index in [1.54, 1.807) is 0 Å². The Kier molecular flexibility index (Phi) is 7.13. The van der Waals surface area contributed by atoms with Crippen molar-refractivity contribution < 1.29 is 15.7 Å². The van der Waals surface area contributed by atoms with Gasteiger partial charge in [-0.1, -0.05) is 13.3 Å². The van der Waals surface area contributed by atoms with Crippen molar-refractivity contribution in [3.05, 3.63) is 0 Å². The average Bonchev–Trinajstić information content (AvgIpc) is 2.08. The standard InChI is InChI=1S/C11H23NO3.H2/c1-5-6-8-14-9-7-12-10(13)15-11(2,3)4;/h5-9H2,1-4H3,(H,12,13);1H. The Morgan fingerprint density at radius 1 is 1.33 bits per heavy atom. The lowest BCUT2D eigenvalue weighted by Gasteiger charge is -2.19. The van der Waals surface area contributed by atoms with Crippen LogP contribution in [0.3, 0.4) is 0 Å². The Hall–Kier alpha value is -0.770. The summed E-state index contributed by atoms with van der Waals surface area (Å²) in [5.74, 6) is 0. The summed E-state index contributed by atoms with van der Waals surface area (Å²) >= 11 is 0. The number of hydrogen-bond donors (Lipinski definition) is 1. The highest BCUT2D eigenvalue weighted by atomic mass is 16.6. The summed E-state index contributed by atoms with van der Waals surface area (Å²) in [6.45, 7) is 9.42. The van der Waals surface area contributed by atoms with Gasteiger partial charge in [-0.05, 0) is 27.2 Å². The van der Waals surface area contributed by atoms with Crippen LogP contribution in [0.4, 0.5) is 4.79 Å². The van der Waals surface area contributed by atoms with Crippen LogP contribution in [0.5, 0.6) is 0 Å². The van der Waals surface area contributed by atoms with Gasteiger partial charge in [-0.25, -0.2) is 4.79 Å². The maximum absolute atomic E-state index is 11.2. The maximum Gasteiger partial charge on any atom is 0.407 e. The molecule has 1 N–H and O–H groups in total. The summed E-state index contributed by atoms with van der Waals surface area (Å²) in [5, 5.41) is 2.63. The fourth-order valence-electron chi connectivity index (χ4n) is 0.888. The molecular weight excluding hydrogens is 194 g/mol. The molecule has 1 amide bonds. The Morgan fingerprint density at radius 2 is 2.00 bits per heavy atom. The van der Waals surface area contributed by atoms with Crippen LogP contribution in [-0.4, -0.2) is 31.5 Å². The molecule has 4 heteroatoms. The zero-order chi connectivity index (χ0) is 11.7. The quantitative estimate of drug-likeness (QED) is 0.698. The maximum atomic E-state index is 11.2. The van der Waals surface area contributed by atoms with Gasteiger partial charge in [0.1, 0.15) is 5.60 Å². The van der Waals surface area contributed by atoms with Gasteiger partial charge in [0, 0.05) is 14.6 Å². The van der Waals surface area contributed by atoms with E-state index in [-0.39, 0.29) is 7.52 Å². The number of ether oxygens (including phenoxy) is 2. The monoisotopic (exact) mass is 219 g/mol. The van der Waals surface area contributed by atoms with Crippen molar-refractivity contribution in [2.75, 3.05) is 19.8 Å². The van der Waals surface area contributed by atoms with Gasteiger partial charge in [0.05, 0.1) is 6.61 Å². The Labute approximate surface area is 93.8 Å². The Balaban J connectivity index is 0. The number of amides is 1. The van der Waals surface area contributed by atoms with Crippen LogP contribution in [0.1, 0.15) is 42.0 Å². The number of carbonyl (C=O) groups excluding carboxylic acids is 1. The molecular formula is C11H25NO3. The molecule has 0 aromatic heterocycles. The Morgan fingerprint density at radius 3 is 2.53 bits per heavy atom. The van der Waals surface area contributed by atoms with E-state index in [2.05, 4.69) is 12.2 Å². The van der Waals surface area contributed by atoms with Crippen LogP contribution >= 0.6 is 0 Å². The van der Waals surface area contributed by atoms with E-state index in [4.69, 9.17) is 9.47 Å². The van der Waals surface area contributed by atoms with Gasteiger partial charge in [-0.2, -0.15) is 0 Å². The van der Waals surface area contributed by atoms with Crippen molar-refractivity contribution in [3.63, 3.8) is 0 Å². The summed E-state index contributed by atoms with van der Waals surface area (Å²) in [7, 11) is 0. The highest BCUT2D eigenvalue weighted by Crippen LogP contribution is 2.05.